The second kappa shape index (κ2) is 5.99. The van der Waals surface area contributed by atoms with Crippen LogP contribution in [0.3, 0.4) is 0 Å². The van der Waals surface area contributed by atoms with E-state index in [1.165, 1.54) is 0 Å². The zero-order chi connectivity index (χ0) is 12.1. The highest BCUT2D eigenvalue weighted by Crippen LogP contribution is 2.09. The van der Waals surface area contributed by atoms with E-state index in [0.717, 1.165) is 13.0 Å². The molecule has 0 spiro atoms. The molecular formula is C12H17BrN2O. The fourth-order valence-electron chi connectivity index (χ4n) is 1.28. The van der Waals surface area contributed by atoms with Gasteiger partial charge in [-0.2, -0.15) is 0 Å². The van der Waals surface area contributed by atoms with Gasteiger partial charge in [-0.05, 0) is 40.4 Å². The number of halogens is 1. The smallest absolute Gasteiger partial charge is 0.272 e. The van der Waals surface area contributed by atoms with E-state index in [4.69, 9.17) is 0 Å². The second-order valence-corrected chi connectivity index (χ2v) is 5.07. The van der Waals surface area contributed by atoms with Crippen molar-refractivity contribution in [3.05, 3.63) is 28.5 Å². The largest absolute Gasteiger partial charge is 0.340 e. The van der Waals surface area contributed by atoms with E-state index in [0.29, 0.717) is 16.2 Å². The first-order valence-electron chi connectivity index (χ1n) is 5.38. The molecule has 0 aliphatic heterocycles. The number of carbonyl (C=O) groups excluding carboxylic acids is 1. The maximum absolute atomic E-state index is 12.0. The molecule has 1 rings (SSSR count). The summed E-state index contributed by atoms with van der Waals surface area (Å²) in [6.07, 6.45) is 1.01. The molecule has 0 N–H and O–H groups in total. The topological polar surface area (TPSA) is 33.2 Å². The van der Waals surface area contributed by atoms with E-state index in [2.05, 4.69) is 34.8 Å². The van der Waals surface area contributed by atoms with E-state index < -0.39 is 0 Å². The molecule has 1 aromatic rings. The Bertz CT molecular complexity index is 366. The second-order valence-electron chi connectivity index (χ2n) is 4.25. The Balaban J connectivity index is 2.63. The molecule has 0 unspecified atom stereocenters. The average Bonchev–Trinajstić information content (AvgIpc) is 2.24. The van der Waals surface area contributed by atoms with Gasteiger partial charge in [-0.15, -0.1) is 0 Å². The van der Waals surface area contributed by atoms with Gasteiger partial charge in [0.05, 0.1) is 0 Å². The van der Waals surface area contributed by atoms with Crippen molar-refractivity contribution in [1.29, 1.82) is 0 Å². The number of rotatable bonds is 4. The van der Waals surface area contributed by atoms with Crippen molar-refractivity contribution in [3.63, 3.8) is 0 Å². The molecule has 4 heteroatoms. The third-order valence-electron chi connectivity index (χ3n) is 2.32. The molecule has 88 valence electrons. The van der Waals surface area contributed by atoms with Crippen LogP contribution in [-0.2, 0) is 0 Å². The van der Waals surface area contributed by atoms with Crippen molar-refractivity contribution in [2.24, 2.45) is 5.92 Å². The van der Waals surface area contributed by atoms with Crippen LogP contribution in [0.15, 0.2) is 22.8 Å². The van der Waals surface area contributed by atoms with Crippen molar-refractivity contribution in [3.8, 4) is 0 Å². The standard InChI is InChI=1S/C12H17BrN2O/c1-9(2)7-8-15(3)12(16)10-5-4-6-11(13)14-10/h4-6,9H,7-8H2,1-3H3. The van der Waals surface area contributed by atoms with Gasteiger partial charge in [0.25, 0.3) is 5.91 Å². The first-order valence-corrected chi connectivity index (χ1v) is 6.18. The third kappa shape index (κ3) is 3.93. The first kappa shape index (κ1) is 13.2. The molecule has 0 bridgehead atoms. The fourth-order valence-corrected chi connectivity index (χ4v) is 1.62. The van der Waals surface area contributed by atoms with Gasteiger partial charge in [0, 0.05) is 13.6 Å². The minimum absolute atomic E-state index is 0.0260. The van der Waals surface area contributed by atoms with Gasteiger partial charge in [0.15, 0.2) is 0 Å². The van der Waals surface area contributed by atoms with Crippen LogP contribution in [-0.4, -0.2) is 29.4 Å². The number of amides is 1. The summed E-state index contributed by atoms with van der Waals surface area (Å²) in [5.74, 6) is 0.577. The maximum atomic E-state index is 12.0. The lowest BCUT2D eigenvalue weighted by Crippen LogP contribution is -2.29. The Morgan fingerprint density at radius 1 is 1.50 bits per heavy atom. The molecule has 16 heavy (non-hydrogen) atoms. The number of aromatic nitrogens is 1. The summed E-state index contributed by atoms with van der Waals surface area (Å²) in [4.78, 5) is 17.8. The predicted molar refractivity (Wildman–Crippen MR) is 68.4 cm³/mol. The summed E-state index contributed by atoms with van der Waals surface area (Å²) in [7, 11) is 1.81. The molecule has 0 aromatic carbocycles. The number of pyridine rings is 1. The van der Waals surface area contributed by atoms with Gasteiger partial charge in [0.1, 0.15) is 10.3 Å². The quantitative estimate of drug-likeness (QED) is 0.797. The minimum atomic E-state index is -0.0260. The molecule has 0 atom stereocenters. The Kier molecular flexibility index (Phi) is 4.93. The lowest BCUT2D eigenvalue weighted by Gasteiger charge is -2.17. The van der Waals surface area contributed by atoms with Gasteiger partial charge >= 0.3 is 0 Å². The van der Waals surface area contributed by atoms with E-state index in [1.807, 2.05) is 19.2 Å². The molecule has 0 fully saturated rings. The summed E-state index contributed by atoms with van der Waals surface area (Å²) < 4.78 is 0.690. The highest BCUT2D eigenvalue weighted by Gasteiger charge is 2.13. The Morgan fingerprint density at radius 3 is 2.75 bits per heavy atom. The van der Waals surface area contributed by atoms with Crippen molar-refractivity contribution in [2.75, 3.05) is 13.6 Å². The summed E-state index contributed by atoms with van der Waals surface area (Å²) in [5.41, 5.74) is 0.487. The lowest BCUT2D eigenvalue weighted by atomic mass is 10.1. The maximum Gasteiger partial charge on any atom is 0.272 e. The normalized spacial score (nSPS) is 10.6. The number of hydrogen-bond donors (Lipinski definition) is 0. The van der Waals surface area contributed by atoms with Crippen LogP contribution >= 0.6 is 15.9 Å². The molecule has 1 aromatic heterocycles. The van der Waals surface area contributed by atoms with Crippen LogP contribution < -0.4 is 0 Å². The van der Waals surface area contributed by atoms with E-state index in [1.54, 1.807) is 11.0 Å². The molecule has 0 radical (unpaired) electrons. The molecular weight excluding hydrogens is 268 g/mol. The fraction of sp³-hybridized carbons (Fsp3) is 0.500. The van der Waals surface area contributed by atoms with Crippen LogP contribution in [0.4, 0.5) is 0 Å². The van der Waals surface area contributed by atoms with Crippen LogP contribution in [0.2, 0.25) is 0 Å². The molecule has 1 heterocycles. The highest BCUT2D eigenvalue weighted by atomic mass is 79.9. The monoisotopic (exact) mass is 284 g/mol. The summed E-state index contributed by atoms with van der Waals surface area (Å²) in [5, 5.41) is 0. The zero-order valence-electron chi connectivity index (χ0n) is 9.90. The zero-order valence-corrected chi connectivity index (χ0v) is 11.5. The molecule has 0 saturated heterocycles. The molecule has 3 nitrogen and oxygen atoms in total. The Hall–Kier alpha value is -0.900. The van der Waals surface area contributed by atoms with Crippen LogP contribution in [0.5, 0.6) is 0 Å². The van der Waals surface area contributed by atoms with Gasteiger partial charge in [-0.1, -0.05) is 19.9 Å². The van der Waals surface area contributed by atoms with Crippen LogP contribution in [0.1, 0.15) is 30.8 Å². The summed E-state index contributed by atoms with van der Waals surface area (Å²) >= 11 is 3.26. The number of hydrogen-bond acceptors (Lipinski definition) is 2. The van der Waals surface area contributed by atoms with Crippen LogP contribution in [0, 0.1) is 5.92 Å². The summed E-state index contributed by atoms with van der Waals surface area (Å²) in [6, 6.07) is 5.37. The van der Waals surface area contributed by atoms with Gasteiger partial charge in [0.2, 0.25) is 0 Å². The Labute approximate surface area is 105 Å². The minimum Gasteiger partial charge on any atom is -0.340 e. The van der Waals surface area contributed by atoms with Gasteiger partial charge in [-0.3, -0.25) is 4.79 Å². The predicted octanol–water partition coefficient (Wildman–Crippen LogP) is 2.96. The summed E-state index contributed by atoms with van der Waals surface area (Å²) in [6.45, 7) is 5.07. The molecule has 0 saturated carbocycles. The van der Waals surface area contributed by atoms with Crippen molar-refractivity contribution in [2.45, 2.75) is 20.3 Å². The third-order valence-corrected chi connectivity index (χ3v) is 2.76. The molecule has 0 aliphatic carbocycles. The SMILES string of the molecule is CC(C)CCN(C)C(=O)c1cccc(Br)n1. The van der Waals surface area contributed by atoms with Crippen molar-refractivity contribution < 1.29 is 4.79 Å². The molecule has 1 amide bonds. The average molecular weight is 285 g/mol. The highest BCUT2D eigenvalue weighted by molar-refractivity contribution is 9.10. The molecule has 0 aliphatic rings. The van der Waals surface area contributed by atoms with E-state index >= 15 is 0 Å². The van der Waals surface area contributed by atoms with E-state index in [-0.39, 0.29) is 5.91 Å². The van der Waals surface area contributed by atoms with Gasteiger partial charge < -0.3 is 4.90 Å². The van der Waals surface area contributed by atoms with Crippen molar-refractivity contribution >= 4 is 21.8 Å². The number of nitrogens with zero attached hydrogens (tertiary/aromatic N) is 2. The Morgan fingerprint density at radius 2 is 2.19 bits per heavy atom. The first-order chi connectivity index (χ1) is 7.50. The van der Waals surface area contributed by atoms with Gasteiger partial charge in [-0.25, -0.2) is 4.98 Å². The van der Waals surface area contributed by atoms with Crippen LogP contribution in [0.25, 0.3) is 0 Å². The lowest BCUT2D eigenvalue weighted by molar-refractivity contribution is 0.0783. The van der Waals surface area contributed by atoms with E-state index in [9.17, 15) is 4.79 Å². The van der Waals surface area contributed by atoms with Crippen molar-refractivity contribution in [1.82, 2.24) is 9.88 Å². The number of carbonyl (C=O) groups is 1.